The van der Waals surface area contributed by atoms with Gasteiger partial charge >= 0.3 is 0 Å². The molecular weight excluding hydrogens is 332 g/mol. The van der Waals surface area contributed by atoms with Gasteiger partial charge in [-0.15, -0.1) is 0 Å². The van der Waals surface area contributed by atoms with Crippen LogP contribution in [0.1, 0.15) is 32.1 Å². The lowest BCUT2D eigenvalue weighted by Gasteiger charge is -2.25. The minimum atomic E-state index is 0.602. The van der Waals surface area contributed by atoms with Gasteiger partial charge in [0.25, 0.3) is 0 Å². The van der Waals surface area contributed by atoms with Crippen LogP contribution >= 0.6 is 31.9 Å². The van der Waals surface area contributed by atoms with Crippen LogP contribution < -0.4 is 11.1 Å². The zero-order chi connectivity index (χ0) is 11.5. The van der Waals surface area contributed by atoms with Crippen molar-refractivity contribution in [2.24, 2.45) is 0 Å². The summed E-state index contributed by atoms with van der Waals surface area (Å²) in [6.07, 6.45) is 6.58. The van der Waals surface area contributed by atoms with Crippen molar-refractivity contribution in [3.05, 3.63) is 21.1 Å². The predicted octanol–water partition coefficient (Wildman–Crippen LogP) is 4.54. The second-order valence-corrected chi connectivity index (χ2v) is 6.05. The predicted molar refractivity (Wildman–Crippen MR) is 76.8 cm³/mol. The van der Waals surface area contributed by atoms with E-state index in [9.17, 15) is 0 Å². The van der Waals surface area contributed by atoms with E-state index in [2.05, 4.69) is 37.2 Å². The van der Waals surface area contributed by atoms with E-state index in [1.165, 1.54) is 32.1 Å². The van der Waals surface area contributed by atoms with Gasteiger partial charge in [-0.3, -0.25) is 0 Å². The summed E-state index contributed by atoms with van der Waals surface area (Å²) < 4.78 is 2.06. The van der Waals surface area contributed by atoms with E-state index < -0.39 is 0 Å². The van der Waals surface area contributed by atoms with E-state index in [1.807, 2.05) is 12.1 Å². The summed E-state index contributed by atoms with van der Waals surface area (Å²) in [5, 5.41) is 3.60. The van der Waals surface area contributed by atoms with Gasteiger partial charge in [0, 0.05) is 20.7 Å². The van der Waals surface area contributed by atoms with Gasteiger partial charge < -0.3 is 11.1 Å². The molecular formula is C12H16Br2N2. The first kappa shape index (κ1) is 12.2. The summed E-state index contributed by atoms with van der Waals surface area (Å²) in [7, 11) is 0. The largest absolute Gasteiger partial charge is 0.399 e. The van der Waals surface area contributed by atoms with Gasteiger partial charge in [-0.2, -0.15) is 0 Å². The fourth-order valence-electron chi connectivity index (χ4n) is 2.18. The van der Waals surface area contributed by atoms with Crippen LogP contribution in [0, 0.1) is 0 Å². The fraction of sp³-hybridized carbons (Fsp3) is 0.500. The van der Waals surface area contributed by atoms with E-state index >= 15 is 0 Å². The molecule has 0 amide bonds. The first-order valence-electron chi connectivity index (χ1n) is 5.68. The number of hydrogen-bond donors (Lipinski definition) is 2. The third kappa shape index (κ3) is 2.92. The molecule has 1 aromatic carbocycles. The Labute approximate surface area is 113 Å². The van der Waals surface area contributed by atoms with Gasteiger partial charge in [0.05, 0.1) is 5.69 Å². The maximum Gasteiger partial charge on any atom is 0.0632 e. The highest BCUT2D eigenvalue weighted by molar-refractivity contribution is 9.11. The van der Waals surface area contributed by atoms with Crippen molar-refractivity contribution in [2.45, 2.75) is 38.1 Å². The van der Waals surface area contributed by atoms with Gasteiger partial charge in [0.15, 0.2) is 0 Å². The van der Waals surface area contributed by atoms with Crippen molar-refractivity contribution >= 4 is 43.2 Å². The molecule has 0 atom stereocenters. The number of rotatable bonds is 2. The Balaban J connectivity index is 2.14. The normalized spacial score (nSPS) is 17.4. The molecule has 1 aliphatic carbocycles. The quantitative estimate of drug-likeness (QED) is 0.771. The van der Waals surface area contributed by atoms with Crippen LogP contribution in [0.3, 0.4) is 0 Å². The van der Waals surface area contributed by atoms with Crippen LogP contribution in [0.4, 0.5) is 11.4 Å². The van der Waals surface area contributed by atoms with Gasteiger partial charge in [-0.05, 0) is 56.8 Å². The summed E-state index contributed by atoms with van der Waals surface area (Å²) in [6, 6.07) is 4.48. The molecule has 0 aliphatic heterocycles. The van der Waals surface area contributed by atoms with E-state index in [4.69, 9.17) is 5.73 Å². The highest BCUT2D eigenvalue weighted by Gasteiger charge is 2.15. The molecule has 2 nitrogen and oxygen atoms in total. The third-order valence-electron chi connectivity index (χ3n) is 3.02. The molecule has 16 heavy (non-hydrogen) atoms. The van der Waals surface area contributed by atoms with Crippen molar-refractivity contribution in [3.63, 3.8) is 0 Å². The van der Waals surface area contributed by atoms with Crippen LogP contribution in [0.5, 0.6) is 0 Å². The highest BCUT2D eigenvalue weighted by Crippen LogP contribution is 2.35. The molecule has 88 valence electrons. The Morgan fingerprint density at radius 2 is 1.62 bits per heavy atom. The van der Waals surface area contributed by atoms with Crippen LogP contribution in [-0.2, 0) is 0 Å². The molecule has 0 saturated heterocycles. The first-order valence-corrected chi connectivity index (χ1v) is 7.26. The summed E-state index contributed by atoms with van der Waals surface area (Å²) >= 11 is 7.10. The maximum atomic E-state index is 5.77. The summed E-state index contributed by atoms with van der Waals surface area (Å²) in [6.45, 7) is 0. The molecule has 1 saturated carbocycles. The Bertz CT molecular complexity index is 350. The molecule has 0 heterocycles. The van der Waals surface area contributed by atoms with Crippen molar-refractivity contribution < 1.29 is 0 Å². The molecule has 3 N–H and O–H groups in total. The van der Waals surface area contributed by atoms with E-state index in [-0.39, 0.29) is 0 Å². The molecule has 1 aliphatic rings. The zero-order valence-corrected chi connectivity index (χ0v) is 12.3. The van der Waals surface area contributed by atoms with Crippen molar-refractivity contribution in [3.8, 4) is 0 Å². The van der Waals surface area contributed by atoms with Crippen molar-refractivity contribution in [1.82, 2.24) is 0 Å². The molecule has 0 spiro atoms. The number of hydrogen-bond acceptors (Lipinski definition) is 2. The minimum Gasteiger partial charge on any atom is -0.399 e. The van der Waals surface area contributed by atoms with Gasteiger partial charge in [-0.1, -0.05) is 19.3 Å². The zero-order valence-electron chi connectivity index (χ0n) is 9.10. The minimum absolute atomic E-state index is 0.602. The molecule has 0 bridgehead atoms. The summed E-state index contributed by atoms with van der Waals surface area (Å²) in [5.41, 5.74) is 7.67. The van der Waals surface area contributed by atoms with Crippen molar-refractivity contribution in [1.29, 1.82) is 0 Å². The monoisotopic (exact) mass is 346 g/mol. The first-order chi connectivity index (χ1) is 7.66. The SMILES string of the molecule is Nc1cc(Br)c(NC2CCCCC2)c(Br)c1. The van der Waals surface area contributed by atoms with Crippen LogP contribution in [0.15, 0.2) is 21.1 Å². The lowest BCUT2D eigenvalue weighted by Crippen LogP contribution is -2.22. The van der Waals surface area contributed by atoms with Crippen molar-refractivity contribution in [2.75, 3.05) is 11.1 Å². The van der Waals surface area contributed by atoms with Gasteiger partial charge in [-0.25, -0.2) is 0 Å². The topological polar surface area (TPSA) is 38.0 Å². The maximum absolute atomic E-state index is 5.77. The standard InChI is InChI=1S/C12H16Br2N2/c13-10-6-8(15)7-11(14)12(10)16-9-4-2-1-3-5-9/h6-7,9,16H,1-5,15H2. The van der Waals surface area contributed by atoms with Crippen LogP contribution in [0.2, 0.25) is 0 Å². The highest BCUT2D eigenvalue weighted by atomic mass is 79.9. The van der Waals surface area contributed by atoms with Gasteiger partial charge in [0.1, 0.15) is 0 Å². The second kappa shape index (κ2) is 5.41. The Morgan fingerprint density at radius 3 is 2.19 bits per heavy atom. The Kier molecular flexibility index (Phi) is 4.14. The molecule has 0 radical (unpaired) electrons. The van der Waals surface area contributed by atoms with Crippen LogP contribution in [0.25, 0.3) is 0 Å². The average molecular weight is 348 g/mol. The molecule has 0 unspecified atom stereocenters. The lowest BCUT2D eigenvalue weighted by atomic mass is 9.95. The number of halogens is 2. The molecule has 2 rings (SSSR count). The smallest absolute Gasteiger partial charge is 0.0632 e. The number of nitrogens with one attached hydrogen (secondary N) is 1. The van der Waals surface area contributed by atoms with Gasteiger partial charge in [0.2, 0.25) is 0 Å². The lowest BCUT2D eigenvalue weighted by molar-refractivity contribution is 0.462. The number of nitrogens with two attached hydrogens (primary N) is 1. The Hall–Kier alpha value is -0.220. The second-order valence-electron chi connectivity index (χ2n) is 4.34. The van der Waals surface area contributed by atoms with E-state index in [1.54, 1.807) is 0 Å². The van der Waals surface area contributed by atoms with E-state index in [0.29, 0.717) is 6.04 Å². The number of nitrogen functional groups attached to an aromatic ring is 1. The average Bonchev–Trinajstić information content (AvgIpc) is 2.25. The molecule has 0 aromatic heterocycles. The summed E-state index contributed by atoms with van der Waals surface area (Å²) in [4.78, 5) is 0. The molecule has 1 fully saturated rings. The summed E-state index contributed by atoms with van der Waals surface area (Å²) in [5.74, 6) is 0. The number of anilines is 2. The van der Waals surface area contributed by atoms with E-state index in [0.717, 1.165) is 20.3 Å². The molecule has 1 aromatic rings. The Morgan fingerprint density at radius 1 is 1.06 bits per heavy atom. The van der Waals surface area contributed by atoms with Crippen LogP contribution in [-0.4, -0.2) is 6.04 Å². The molecule has 4 heteroatoms. The fourth-order valence-corrected chi connectivity index (χ4v) is 3.63. The number of benzene rings is 1. The third-order valence-corrected chi connectivity index (χ3v) is 4.27.